The number of rotatable bonds is 3. The Hall–Kier alpha value is -2.24. The zero-order valence-electron chi connectivity index (χ0n) is 17.4. The molecule has 3 atom stereocenters. The van der Waals surface area contributed by atoms with Crippen molar-refractivity contribution in [2.24, 2.45) is 11.8 Å². The molecule has 3 fully saturated rings. The van der Waals surface area contributed by atoms with Gasteiger partial charge in [0.15, 0.2) is 5.79 Å². The number of hydrogen-bond donors (Lipinski definition) is 0. The van der Waals surface area contributed by atoms with Crippen LogP contribution in [-0.2, 0) is 26.2 Å². The first-order valence-corrected chi connectivity index (χ1v) is 10.9. The van der Waals surface area contributed by atoms with Crippen LogP contribution in [0.25, 0.3) is 0 Å². The second kappa shape index (κ2) is 7.47. The number of likely N-dealkylation sites (tertiary alicyclic amines) is 1. The summed E-state index contributed by atoms with van der Waals surface area (Å²) < 4.78 is 25.9. The number of halogens is 1. The highest BCUT2D eigenvalue weighted by atomic mass is 19.1. The molecule has 3 aliphatic rings. The van der Waals surface area contributed by atoms with E-state index in [1.807, 2.05) is 29.2 Å². The smallest absolute Gasteiger partial charge is 0.233 e. The van der Waals surface area contributed by atoms with Gasteiger partial charge in [0.25, 0.3) is 0 Å². The molecule has 2 saturated heterocycles. The van der Waals surface area contributed by atoms with Gasteiger partial charge in [-0.15, -0.1) is 0 Å². The quantitative estimate of drug-likeness (QED) is 0.759. The number of piperidine rings is 1. The topological polar surface area (TPSA) is 38.8 Å². The van der Waals surface area contributed by atoms with Crippen molar-refractivity contribution in [2.75, 3.05) is 19.8 Å². The summed E-state index contributed by atoms with van der Waals surface area (Å²) in [5.74, 6) is -0.420. The average Bonchev–Trinajstić information content (AvgIpc) is 3.24. The summed E-state index contributed by atoms with van der Waals surface area (Å²) in [6, 6.07) is 16.7. The van der Waals surface area contributed by atoms with Gasteiger partial charge in [-0.05, 0) is 42.0 Å². The highest BCUT2D eigenvalue weighted by Gasteiger charge is 2.62. The Morgan fingerprint density at radius 2 is 1.83 bits per heavy atom. The van der Waals surface area contributed by atoms with Crippen molar-refractivity contribution in [1.29, 1.82) is 0 Å². The number of carbonyl (C=O) groups is 1. The van der Waals surface area contributed by atoms with Crippen molar-refractivity contribution >= 4 is 5.91 Å². The Morgan fingerprint density at radius 1 is 1.07 bits per heavy atom. The van der Waals surface area contributed by atoms with Gasteiger partial charge in [0.1, 0.15) is 5.82 Å². The molecule has 5 rings (SSSR count). The third kappa shape index (κ3) is 2.98. The first-order chi connectivity index (χ1) is 14.6. The predicted octanol–water partition coefficient (Wildman–Crippen LogP) is 4.29. The monoisotopic (exact) mass is 409 g/mol. The van der Waals surface area contributed by atoms with Crippen LogP contribution < -0.4 is 0 Å². The molecule has 0 bridgehead atoms. The highest BCUT2D eigenvalue weighted by Crippen LogP contribution is 2.56. The Bertz CT molecular complexity index is 927. The van der Waals surface area contributed by atoms with Gasteiger partial charge >= 0.3 is 0 Å². The van der Waals surface area contributed by atoms with Crippen LogP contribution >= 0.6 is 0 Å². The number of benzene rings is 2. The fourth-order valence-electron chi connectivity index (χ4n) is 6.06. The fourth-order valence-corrected chi connectivity index (χ4v) is 6.06. The second-order valence-electron chi connectivity index (χ2n) is 8.89. The van der Waals surface area contributed by atoms with Gasteiger partial charge in [-0.25, -0.2) is 4.39 Å². The van der Waals surface area contributed by atoms with Crippen LogP contribution in [0.15, 0.2) is 54.6 Å². The average molecular weight is 410 g/mol. The van der Waals surface area contributed by atoms with E-state index in [-0.39, 0.29) is 23.6 Å². The minimum atomic E-state index is -0.590. The molecule has 0 aromatic heterocycles. The van der Waals surface area contributed by atoms with Crippen LogP contribution in [0.2, 0.25) is 0 Å². The maximum atomic E-state index is 14.1. The Labute approximate surface area is 177 Å². The van der Waals surface area contributed by atoms with E-state index >= 15 is 0 Å². The summed E-state index contributed by atoms with van der Waals surface area (Å²) in [5.41, 5.74) is 1.31. The van der Waals surface area contributed by atoms with Crippen molar-refractivity contribution in [3.8, 4) is 0 Å². The van der Waals surface area contributed by atoms with Crippen LogP contribution in [0.5, 0.6) is 0 Å². The molecule has 158 valence electrons. The molecular weight excluding hydrogens is 381 g/mol. The van der Waals surface area contributed by atoms with Crippen molar-refractivity contribution in [3.05, 3.63) is 71.5 Å². The SMILES string of the molecule is C[C@H]1[C@@H]2CCN(Cc3cccc(F)c3)C(=O)C2(c2ccccc2)CCC12OCCO2. The minimum Gasteiger partial charge on any atom is -0.347 e. The number of ether oxygens (including phenoxy) is 2. The number of fused-ring (bicyclic) bond motifs is 1. The molecule has 5 heteroatoms. The second-order valence-corrected chi connectivity index (χ2v) is 8.89. The van der Waals surface area contributed by atoms with Crippen molar-refractivity contribution in [2.45, 2.75) is 43.9 Å². The van der Waals surface area contributed by atoms with Gasteiger partial charge in [-0.3, -0.25) is 4.79 Å². The largest absolute Gasteiger partial charge is 0.347 e. The van der Waals surface area contributed by atoms with Crippen LogP contribution in [0, 0.1) is 17.7 Å². The van der Waals surface area contributed by atoms with E-state index in [0.717, 1.165) is 17.5 Å². The van der Waals surface area contributed by atoms with Gasteiger partial charge < -0.3 is 14.4 Å². The predicted molar refractivity (Wildman–Crippen MR) is 111 cm³/mol. The zero-order valence-corrected chi connectivity index (χ0v) is 17.4. The van der Waals surface area contributed by atoms with E-state index in [0.29, 0.717) is 39.1 Å². The molecule has 0 radical (unpaired) electrons. The first kappa shape index (κ1) is 19.7. The molecule has 2 heterocycles. The van der Waals surface area contributed by atoms with Crippen molar-refractivity contribution in [1.82, 2.24) is 4.90 Å². The third-order valence-corrected chi connectivity index (χ3v) is 7.50. The molecule has 2 aromatic carbocycles. The van der Waals surface area contributed by atoms with Crippen molar-refractivity contribution < 1.29 is 18.7 Å². The summed E-state index contributed by atoms with van der Waals surface area (Å²) in [5, 5.41) is 0. The molecule has 4 nitrogen and oxygen atoms in total. The van der Waals surface area contributed by atoms with Gasteiger partial charge in [0.2, 0.25) is 5.91 Å². The number of hydrogen-bond acceptors (Lipinski definition) is 3. The normalized spacial score (nSPS) is 30.5. The van der Waals surface area contributed by atoms with Gasteiger partial charge in [0.05, 0.1) is 18.6 Å². The summed E-state index contributed by atoms with van der Waals surface area (Å²) in [6.07, 6.45) is 2.29. The molecule has 2 aromatic rings. The van der Waals surface area contributed by atoms with Crippen LogP contribution in [0.1, 0.15) is 37.3 Å². The molecule has 1 spiro atoms. The lowest BCUT2D eigenvalue weighted by molar-refractivity contribution is -0.238. The fraction of sp³-hybridized carbons (Fsp3) is 0.480. The van der Waals surface area contributed by atoms with Crippen LogP contribution in [0.4, 0.5) is 4.39 Å². The minimum absolute atomic E-state index is 0.120. The molecule has 1 saturated carbocycles. The third-order valence-electron chi connectivity index (χ3n) is 7.50. The first-order valence-electron chi connectivity index (χ1n) is 10.9. The maximum absolute atomic E-state index is 14.1. The number of amides is 1. The lowest BCUT2D eigenvalue weighted by Gasteiger charge is -2.56. The van der Waals surface area contributed by atoms with E-state index in [9.17, 15) is 9.18 Å². The van der Waals surface area contributed by atoms with E-state index < -0.39 is 11.2 Å². The summed E-state index contributed by atoms with van der Waals surface area (Å²) in [7, 11) is 0. The molecule has 1 amide bonds. The van der Waals surface area contributed by atoms with Crippen LogP contribution in [0.3, 0.4) is 0 Å². The molecule has 1 aliphatic carbocycles. The number of carbonyl (C=O) groups excluding carboxylic acids is 1. The van der Waals surface area contributed by atoms with E-state index in [1.165, 1.54) is 12.1 Å². The molecule has 1 unspecified atom stereocenters. The molecule has 0 N–H and O–H groups in total. The number of nitrogens with zero attached hydrogens (tertiary/aromatic N) is 1. The standard InChI is InChI=1S/C25H28FNO3/c1-18-22-10-13-27(17-19-6-5-9-21(26)16-19)23(28)24(22,20-7-3-2-4-8-20)11-12-25(18)29-14-15-30-25/h2-9,16,18,22H,10-15,17H2,1H3/t18-,22-,24?/m0/s1. The lowest BCUT2D eigenvalue weighted by Crippen LogP contribution is -2.64. The Balaban J connectivity index is 1.52. The molecule has 2 aliphatic heterocycles. The van der Waals surface area contributed by atoms with Gasteiger partial charge in [0, 0.05) is 25.4 Å². The van der Waals surface area contributed by atoms with Gasteiger partial charge in [-0.2, -0.15) is 0 Å². The summed E-state index contributed by atoms with van der Waals surface area (Å²) in [6.45, 7) is 4.52. The Morgan fingerprint density at radius 3 is 2.57 bits per heavy atom. The highest BCUT2D eigenvalue weighted by molar-refractivity contribution is 5.90. The van der Waals surface area contributed by atoms with Gasteiger partial charge in [-0.1, -0.05) is 49.4 Å². The molecule has 30 heavy (non-hydrogen) atoms. The van der Waals surface area contributed by atoms with E-state index in [2.05, 4.69) is 19.1 Å². The van der Waals surface area contributed by atoms with E-state index in [1.54, 1.807) is 6.07 Å². The lowest BCUT2D eigenvalue weighted by atomic mass is 9.54. The maximum Gasteiger partial charge on any atom is 0.233 e. The Kier molecular flexibility index (Phi) is 4.91. The van der Waals surface area contributed by atoms with Crippen LogP contribution in [-0.4, -0.2) is 36.4 Å². The molecular formula is C25H28FNO3. The summed E-state index contributed by atoms with van der Waals surface area (Å²) in [4.78, 5) is 16.0. The van der Waals surface area contributed by atoms with E-state index in [4.69, 9.17) is 9.47 Å². The van der Waals surface area contributed by atoms with Crippen molar-refractivity contribution in [3.63, 3.8) is 0 Å². The summed E-state index contributed by atoms with van der Waals surface area (Å²) >= 11 is 0. The zero-order chi connectivity index (χ0) is 20.8.